The second-order valence-electron chi connectivity index (χ2n) is 5.74. The fourth-order valence-corrected chi connectivity index (χ4v) is 3.53. The second kappa shape index (κ2) is 6.68. The van der Waals surface area contributed by atoms with Gasteiger partial charge in [-0.2, -0.15) is 0 Å². The van der Waals surface area contributed by atoms with E-state index in [2.05, 4.69) is 10.6 Å². The van der Waals surface area contributed by atoms with Crippen LogP contribution in [0.5, 0.6) is 11.5 Å². The molecule has 25 heavy (non-hydrogen) atoms. The highest BCUT2D eigenvalue weighted by Gasteiger charge is 2.17. The first-order valence-electron chi connectivity index (χ1n) is 7.92. The lowest BCUT2D eigenvalue weighted by Crippen LogP contribution is -2.26. The molecule has 6 nitrogen and oxygen atoms in total. The first-order chi connectivity index (χ1) is 12.2. The van der Waals surface area contributed by atoms with Gasteiger partial charge < -0.3 is 20.1 Å². The maximum Gasteiger partial charge on any atom is 0.251 e. The highest BCUT2D eigenvalue weighted by molar-refractivity contribution is 8.00. The van der Waals surface area contributed by atoms with Crippen LogP contribution in [-0.4, -0.2) is 30.9 Å². The number of carbonyl (C=O) groups excluding carboxylic acids is 2. The zero-order valence-corrected chi connectivity index (χ0v) is 14.2. The number of rotatable bonds is 4. The van der Waals surface area contributed by atoms with Gasteiger partial charge in [0, 0.05) is 17.0 Å². The quantitative estimate of drug-likeness (QED) is 0.880. The summed E-state index contributed by atoms with van der Waals surface area (Å²) in [4.78, 5) is 24.8. The van der Waals surface area contributed by atoms with E-state index in [1.54, 1.807) is 12.1 Å². The van der Waals surface area contributed by atoms with Crippen molar-refractivity contribution in [1.29, 1.82) is 0 Å². The number of anilines is 1. The topological polar surface area (TPSA) is 76.7 Å². The van der Waals surface area contributed by atoms with E-state index in [1.165, 1.54) is 11.8 Å². The second-order valence-corrected chi connectivity index (χ2v) is 6.76. The molecule has 0 aromatic heterocycles. The molecule has 128 valence electrons. The molecule has 2 aromatic rings. The number of hydrogen-bond donors (Lipinski definition) is 2. The van der Waals surface area contributed by atoms with Gasteiger partial charge in [0.1, 0.15) is 0 Å². The number of amides is 2. The third kappa shape index (κ3) is 3.41. The number of hydrogen-bond acceptors (Lipinski definition) is 5. The summed E-state index contributed by atoms with van der Waals surface area (Å²) in [5, 5.41) is 5.70. The molecule has 0 unspecified atom stereocenters. The van der Waals surface area contributed by atoms with Gasteiger partial charge >= 0.3 is 0 Å². The zero-order chi connectivity index (χ0) is 17.2. The summed E-state index contributed by atoms with van der Waals surface area (Å²) in [6.45, 7) is 0.763. The van der Waals surface area contributed by atoms with E-state index >= 15 is 0 Å². The van der Waals surface area contributed by atoms with Gasteiger partial charge in [0.25, 0.3) is 5.91 Å². The minimum atomic E-state index is -0.159. The molecule has 4 rings (SSSR count). The summed E-state index contributed by atoms with van der Waals surface area (Å²) in [6.07, 6.45) is 0.694. The van der Waals surface area contributed by atoms with Crippen LogP contribution in [-0.2, 0) is 11.2 Å². The van der Waals surface area contributed by atoms with Crippen molar-refractivity contribution in [2.45, 2.75) is 11.3 Å². The Morgan fingerprint density at radius 1 is 1.16 bits per heavy atom. The number of fused-ring (bicyclic) bond motifs is 2. The van der Waals surface area contributed by atoms with E-state index in [0.29, 0.717) is 30.0 Å². The molecule has 0 bridgehead atoms. The van der Waals surface area contributed by atoms with Gasteiger partial charge in [-0.25, -0.2) is 0 Å². The van der Waals surface area contributed by atoms with Crippen LogP contribution < -0.4 is 20.1 Å². The number of carbonyl (C=O) groups is 2. The summed E-state index contributed by atoms with van der Waals surface area (Å²) in [5.41, 5.74) is 2.30. The molecular weight excluding hydrogens is 340 g/mol. The number of ether oxygens (including phenoxy) is 2. The van der Waals surface area contributed by atoms with Gasteiger partial charge in [-0.1, -0.05) is 6.07 Å². The van der Waals surface area contributed by atoms with Crippen molar-refractivity contribution in [1.82, 2.24) is 5.32 Å². The van der Waals surface area contributed by atoms with Crippen LogP contribution in [0.3, 0.4) is 0 Å². The van der Waals surface area contributed by atoms with Gasteiger partial charge in [0.2, 0.25) is 12.7 Å². The van der Waals surface area contributed by atoms with Crippen LogP contribution in [0.25, 0.3) is 0 Å². The van der Waals surface area contributed by atoms with E-state index in [9.17, 15) is 9.59 Å². The van der Waals surface area contributed by atoms with Gasteiger partial charge in [0.05, 0.1) is 11.4 Å². The maximum atomic E-state index is 12.3. The normalized spacial score (nSPS) is 14.6. The Morgan fingerprint density at radius 3 is 2.96 bits per heavy atom. The largest absolute Gasteiger partial charge is 0.454 e. The minimum absolute atomic E-state index is 0.0436. The summed E-state index contributed by atoms with van der Waals surface area (Å²) in [7, 11) is 0. The fraction of sp³-hybridized carbons (Fsp3) is 0.222. The first-order valence-corrected chi connectivity index (χ1v) is 8.91. The Kier molecular flexibility index (Phi) is 4.23. The van der Waals surface area contributed by atoms with Crippen LogP contribution in [0.2, 0.25) is 0 Å². The van der Waals surface area contributed by atoms with Crippen molar-refractivity contribution in [3.8, 4) is 11.5 Å². The molecule has 2 aliphatic rings. The lowest BCUT2D eigenvalue weighted by molar-refractivity contribution is -0.113. The van der Waals surface area contributed by atoms with Crippen LogP contribution >= 0.6 is 11.8 Å². The number of thioether (sulfide) groups is 1. The van der Waals surface area contributed by atoms with E-state index in [0.717, 1.165) is 22.0 Å². The standard InChI is InChI=1S/C18H16N2O4S/c21-17-9-25-16-4-2-12(8-13(16)20-17)18(22)19-6-5-11-1-3-14-15(7-11)24-10-23-14/h1-4,7-8H,5-6,9-10H2,(H,19,22)(H,20,21). The average Bonchev–Trinajstić information content (AvgIpc) is 3.08. The molecule has 2 amide bonds. The molecule has 0 fully saturated rings. The molecule has 0 radical (unpaired) electrons. The van der Waals surface area contributed by atoms with Crippen molar-refractivity contribution < 1.29 is 19.1 Å². The predicted octanol–water partition coefficient (Wildman–Crippen LogP) is 2.43. The lowest BCUT2D eigenvalue weighted by atomic mass is 10.1. The van der Waals surface area contributed by atoms with Gasteiger partial charge in [-0.05, 0) is 42.3 Å². The van der Waals surface area contributed by atoms with Crippen molar-refractivity contribution >= 4 is 29.3 Å². The molecule has 0 aliphatic carbocycles. The molecule has 7 heteroatoms. The Morgan fingerprint density at radius 2 is 2.04 bits per heavy atom. The lowest BCUT2D eigenvalue weighted by Gasteiger charge is -2.17. The van der Waals surface area contributed by atoms with Crippen LogP contribution in [0.15, 0.2) is 41.3 Å². The Hall–Kier alpha value is -2.67. The molecule has 2 heterocycles. The molecule has 0 spiro atoms. The van der Waals surface area contributed by atoms with Crippen LogP contribution in [0.1, 0.15) is 15.9 Å². The van der Waals surface area contributed by atoms with Crippen molar-refractivity contribution in [2.24, 2.45) is 0 Å². The number of benzene rings is 2. The molecule has 2 aromatic carbocycles. The van der Waals surface area contributed by atoms with Crippen molar-refractivity contribution in [3.63, 3.8) is 0 Å². The van der Waals surface area contributed by atoms with E-state index in [4.69, 9.17) is 9.47 Å². The van der Waals surface area contributed by atoms with E-state index in [1.807, 2.05) is 24.3 Å². The first kappa shape index (κ1) is 15.8. The summed E-state index contributed by atoms with van der Waals surface area (Å²) in [5.74, 6) is 1.70. The van der Waals surface area contributed by atoms with Gasteiger partial charge in [-0.15, -0.1) is 11.8 Å². The summed E-state index contributed by atoms with van der Waals surface area (Å²) in [6, 6.07) is 11.1. The third-order valence-electron chi connectivity index (χ3n) is 4.01. The molecule has 0 saturated carbocycles. The number of nitrogens with one attached hydrogen (secondary N) is 2. The van der Waals surface area contributed by atoms with Gasteiger partial charge in [-0.3, -0.25) is 9.59 Å². The smallest absolute Gasteiger partial charge is 0.251 e. The minimum Gasteiger partial charge on any atom is -0.454 e. The molecule has 0 saturated heterocycles. The van der Waals surface area contributed by atoms with E-state index in [-0.39, 0.29) is 18.6 Å². The zero-order valence-electron chi connectivity index (χ0n) is 13.3. The highest BCUT2D eigenvalue weighted by atomic mass is 32.2. The highest BCUT2D eigenvalue weighted by Crippen LogP contribution is 2.33. The van der Waals surface area contributed by atoms with E-state index < -0.39 is 0 Å². The van der Waals surface area contributed by atoms with Crippen molar-refractivity contribution in [3.05, 3.63) is 47.5 Å². The monoisotopic (exact) mass is 356 g/mol. The Bertz CT molecular complexity index is 853. The molecular formula is C18H16N2O4S. The molecule has 0 atom stereocenters. The fourth-order valence-electron chi connectivity index (χ4n) is 2.74. The summed E-state index contributed by atoms with van der Waals surface area (Å²) < 4.78 is 10.6. The maximum absolute atomic E-state index is 12.3. The molecule has 2 N–H and O–H groups in total. The Balaban J connectivity index is 1.36. The summed E-state index contributed by atoms with van der Waals surface area (Å²) >= 11 is 1.48. The SMILES string of the molecule is O=C1CSc2ccc(C(=O)NCCc3ccc4c(c3)OCO4)cc2N1. The van der Waals surface area contributed by atoms with Gasteiger partial charge in [0.15, 0.2) is 11.5 Å². The third-order valence-corrected chi connectivity index (χ3v) is 5.08. The van der Waals surface area contributed by atoms with Crippen LogP contribution in [0, 0.1) is 0 Å². The predicted molar refractivity (Wildman–Crippen MR) is 94.4 cm³/mol. The molecule has 2 aliphatic heterocycles. The average molecular weight is 356 g/mol. The van der Waals surface area contributed by atoms with Crippen molar-refractivity contribution in [2.75, 3.05) is 24.4 Å². The Labute approximate surface area is 148 Å². The van der Waals surface area contributed by atoms with Crippen LogP contribution in [0.4, 0.5) is 5.69 Å².